The Morgan fingerprint density at radius 1 is 1.47 bits per heavy atom. The van der Waals surface area contributed by atoms with Gasteiger partial charge in [-0.05, 0) is 38.8 Å². The quantitative estimate of drug-likeness (QED) is 0.770. The summed E-state index contributed by atoms with van der Waals surface area (Å²) in [5.74, 6) is 0.657. The minimum atomic E-state index is 0.117. The van der Waals surface area contributed by atoms with Gasteiger partial charge in [-0.3, -0.25) is 4.57 Å². The van der Waals surface area contributed by atoms with Crippen molar-refractivity contribution in [1.82, 2.24) is 14.5 Å². The largest absolute Gasteiger partial charge is 0.328 e. The third-order valence-corrected chi connectivity index (χ3v) is 3.24. The Labute approximate surface area is 89.9 Å². The summed E-state index contributed by atoms with van der Waals surface area (Å²) >= 11 is 0. The third-order valence-electron chi connectivity index (χ3n) is 3.24. The van der Waals surface area contributed by atoms with E-state index in [0.717, 1.165) is 25.3 Å². The maximum Gasteiger partial charge on any atom is 0.328 e. The van der Waals surface area contributed by atoms with Gasteiger partial charge in [-0.1, -0.05) is 0 Å². The van der Waals surface area contributed by atoms with Gasteiger partial charge in [0.2, 0.25) is 0 Å². The first-order chi connectivity index (χ1) is 7.18. The molecule has 0 unspecified atom stereocenters. The first-order valence-electron chi connectivity index (χ1n) is 5.62. The van der Waals surface area contributed by atoms with Crippen molar-refractivity contribution >= 4 is 0 Å². The highest BCUT2D eigenvalue weighted by molar-refractivity contribution is 4.97. The minimum absolute atomic E-state index is 0.117. The van der Waals surface area contributed by atoms with Crippen molar-refractivity contribution < 1.29 is 0 Å². The van der Waals surface area contributed by atoms with Crippen LogP contribution in [0.1, 0.15) is 18.5 Å². The van der Waals surface area contributed by atoms with Crippen LogP contribution in [0, 0.1) is 12.8 Å². The van der Waals surface area contributed by atoms with Gasteiger partial charge in [-0.25, -0.2) is 4.79 Å². The molecule has 2 heterocycles. The molecule has 1 aliphatic rings. The summed E-state index contributed by atoms with van der Waals surface area (Å²) in [6, 6.07) is 0. The predicted octanol–water partition coefficient (Wildman–Crippen LogP) is 0.495. The number of aromatic nitrogens is 2. The number of aryl methyl sites for hydroxylation is 2. The molecular formula is C11H19N3O. The monoisotopic (exact) mass is 209 g/mol. The standard InChI is InChI=1S/C11H19N3O/c1-9-7-13(2)11(15)14(9)8-10-3-5-12-6-4-10/h7,10,12H,3-6,8H2,1-2H3. The number of hydrogen-bond acceptors (Lipinski definition) is 2. The number of imidazole rings is 1. The highest BCUT2D eigenvalue weighted by Crippen LogP contribution is 2.14. The summed E-state index contributed by atoms with van der Waals surface area (Å²) in [4.78, 5) is 11.8. The Balaban J connectivity index is 2.12. The molecule has 1 aromatic heterocycles. The molecule has 1 aromatic rings. The third kappa shape index (κ3) is 2.15. The van der Waals surface area contributed by atoms with E-state index in [1.54, 1.807) is 4.57 Å². The molecule has 0 aliphatic carbocycles. The van der Waals surface area contributed by atoms with Gasteiger partial charge in [0.15, 0.2) is 0 Å². The summed E-state index contributed by atoms with van der Waals surface area (Å²) in [7, 11) is 1.81. The topological polar surface area (TPSA) is 39.0 Å². The second-order valence-corrected chi connectivity index (χ2v) is 4.47. The van der Waals surface area contributed by atoms with Crippen LogP contribution in [0.25, 0.3) is 0 Å². The average molecular weight is 209 g/mol. The molecule has 0 saturated carbocycles. The Morgan fingerprint density at radius 3 is 2.67 bits per heavy atom. The summed E-state index contributed by atoms with van der Waals surface area (Å²) < 4.78 is 3.56. The van der Waals surface area contributed by atoms with Crippen LogP contribution in [-0.4, -0.2) is 22.2 Å². The van der Waals surface area contributed by atoms with E-state index < -0.39 is 0 Å². The van der Waals surface area contributed by atoms with Crippen LogP contribution in [0.2, 0.25) is 0 Å². The van der Waals surface area contributed by atoms with Crippen molar-refractivity contribution in [2.24, 2.45) is 13.0 Å². The van der Waals surface area contributed by atoms with Gasteiger partial charge in [0.05, 0.1) is 0 Å². The maximum atomic E-state index is 11.8. The number of nitrogens with zero attached hydrogens (tertiary/aromatic N) is 2. The van der Waals surface area contributed by atoms with Crippen LogP contribution in [0.3, 0.4) is 0 Å². The lowest BCUT2D eigenvalue weighted by Gasteiger charge is -2.22. The maximum absolute atomic E-state index is 11.8. The molecule has 1 N–H and O–H groups in total. The molecule has 0 spiro atoms. The fraction of sp³-hybridized carbons (Fsp3) is 0.727. The number of rotatable bonds is 2. The first-order valence-corrected chi connectivity index (χ1v) is 5.62. The van der Waals surface area contributed by atoms with Gasteiger partial charge in [0.1, 0.15) is 0 Å². The molecule has 4 heteroatoms. The van der Waals surface area contributed by atoms with Crippen molar-refractivity contribution in [1.29, 1.82) is 0 Å². The Morgan fingerprint density at radius 2 is 2.13 bits per heavy atom. The summed E-state index contributed by atoms with van der Waals surface area (Å²) in [6.07, 6.45) is 4.27. The summed E-state index contributed by atoms with van der Waals surface area (Å²) in [5.41, 5.74) is 1.19. The highest BCUT2D eigenvalue weighted by atomic mass is 16.1. The Kier molecular flexibility index (Phi) is 2.95. The number of piperidine rings is 1. The SMILES string of the molecule is Cc1cn(C)c(=O)n1CC1CCNCC1. The van der Waals surface area contributed by atoms with Crippen molar-refractivity contribution in [3.8, 4) is 0 Å². The van der Waals surface area contributed by atoms with Crippen molar-refractivity contribution in [2.45, 2.75) is 26.3 Å². The highest BCUT2D eigenvalue weighted by Gasteiger charge is 2.16. The summed E-state index contributed by atoms with van der Waals surface area (Å²) in [6.45, 7) is 5.06. The lowest BCUT2D eigenvalue weighted by atomic mass is 9.98. The first kappa shape index (κ1) is 10.5. The van der Waals surface area contributed by atoms with Gasteiger partial charge >= 0.3 is 5.69 Å². The van der Waals surface area contributed by atoms with E-state index >= 15 is 0 Å². The molecule has 0 aromatic carbocycles. The molecular weight excluding hydrogens is 190 g/mol. The Hall–Kier alpha value is -1.03. The van der Waals surface area contributed by atoms with Gasteiger partial charge in [-0.2, -0.15) is 0 Å². The van der Waals surface area contributed by atoms with E-state index in [2.05, 4.69) is 5.32 Å². The molecule has 0 bridgehead atoms. The second-order valence-electron chi connectivity index (χ2n) is 4.47. The van der Waals surface area contributed by atoms with Crippen molar-refractivity contribution in [2.75, 3.05) is 13.1 Å². The number of nitrogens with one attached hydrogen (secondary N) is 1. The zero-order valence-corrected chi connectivity index (χ0v) is 9.49. The fourth-order valence-electron chi connectivity index (χ4n) is 2.29. The molecule has 1 fully saturated rings. The number of hydrogen-bond donors (Lipinski definition) is 1. The van der Waals surface area contributed by atoms with E-state index in [4.69, 9.17) is 0 Å². The van der Waals surface area contributed by atoms with E-state index in [1.165, 1.54) is 12.8 Å². The van der Waals surface area contributed by atoms with E-state index in [9.17, 15) is 4.79 Å². The molecule has 2 rings (SSSR count). The smallest absolute Gasteiger partial charge is 0.317 e. The van der Waals surface area contributed by atoms with Crippen molar-refractivity contribution in [3.05, 3.63) is 22.4 Å². The molecule has 1 aliphatic heterocycles. The van der Waals surface area contributed by atoms with Crippen LogP contribution >= 0.6 is 0 Å². The van der Waals surface area contributed by atoms with Crippen molar-refractivity contribution in [3.63, 3.8) is 0 Å². The minimum Gasteiger partial charge on any atom is -0.317 e. The zero-order valence-electron chi connectivity index (χ0n) is 9.49. The van der Waals surface area contributed by atoms with Gasteiger partial charge in [0.25, 0.3) is 0 Å². The predicted molar refractivity (Wildman–Crippen MR) is 60.0 cm³/mol. The van der Waals surface area contributed by atoms with Gasteiger partial charge < -0.3 is 9.88 Å². The van der Waals surface area contributed by atoms with Gasteiger partial charge in [-0.15, -0.1) is 0 Å². The second kappa shape index (κ2) is 4.23. The van der Waals surface area contributed by atoms with Crippen LogP contribution in [-0.2, 0) is 13.6 Å². The lowest BCUT2D eigenvalue weighted by Crippen LogP contribution is -2.33. The lowest BCUT2D eigenvalue weighted by molar-refractivity contribution is 0.327. The fourth-order valence-corrected chi connectivity index (χ4v) is 2.29. The van der Waals surface area contributed by atoms with Crippen LogP contribution in [0.15, 0.2) is 11.0 Å². The molecule has 0 atom stereocenters. The molecule has 4 nitrogen and oxygen atoms in total. The molecule has 84 valence electrons. The van der Waals surface area contributed by atoms with E-state index in [1.807, 2.05) is 24.7 Å². The molecule has 0 amide bonds. The van der Waals surface area contributed by atoms with Crippen LogP contribution in [0.5, 0.6) is 0 Å². The van der Waals surface area contributed by atoms with E-state index in [-0.39, 0.29) is 5.69 Å². The van der Waals surface area contributed by atoms with Crippen LogP contribution in [0.4, 0.5) is 0 Å². The molecule has 0 radical (unpaired) electrons. The molecule has 1 saturated heterocycles. The average Bonchev–Trinajstić information content (AvgIpc) is 2.47. The Bertz CT molecular complexity index is 385. The molecule has 15 heavy (non-hydrogen) atoms. The zero-order chi connectivity index (χ0) is 10.8. The normalized spacial score (nSPS) is 18.3. The van der Waals surface area contributed by atoms with Gasteiger partial charge in [0, 0.05) is 25.5 Å². The summed E-state index contributed by atoms with van der Waals surface area (Å²) in [5, 5.41) is 3.34. The van der Waals surface area contributed by atoms with E-state index in [0.29, 0.717) is 5.92 Å². The van der Waals surface area contributed by atoms with Crippen LogP contribution < -0.4 is 11.0 Å².